The number of hydrogen-bond donors (Lipinski definition) is 4. The Morgan fingerprint density at radius 3 is 1.73 bits per heavy atom. The number of amides is 2. The van der Waals surface area contributed by atoms with Crippen LogP contribution in [-0.4, -0.2) is 40.9 Å². The Morgan fingerprint density at radius 2 is 1.25 bits per heavy atom. The van der Waals surface area contributed by atoms with E-state index in [0.29, 0.717) is 28.9 Å². The van der Waals surface area contributed by atoms with Crippen molar-refractivity contribution in [3.8, 4) is 0 Å². The molecule has 2 amide bonds. The summed E-state index contributed by atoms with van der Waals surface area (Å²) in [7, 11) is 0. The average molecular weight is 617 g/mol. The van der Waals surface area contributed by atoms with Gasteiger partial charge in [0.2, 0.25) is 0 Å². The number of carbonyl (C=O) groups is 2. The van der Waals surface area contributed by atoms with E-state index in [0.717, 1.165) is 18.4 Å². The number of nitrogens with zero attached hydrogens (tertiary/aromatic N) is 6. The van der Waals surface area contributed by atoms with E-state index in [-0.39, 0.29) is 39.3 Å². The second kappa shape index (κ2) is 10.6. The number of fused-ring (bicyclic) bond motifs is 2. The Labute approximate surface area is 255 Å². The van der Waals surface area contributed by atoms with E-state index in [1.54, 1.807) is 49.0 Å². The largest absolute Gasteiger partial charge is 0.336 e. The van der Waals surface area contributed by atoms with Crippen molar-refractivity contribution in [3.63, 3.8) is 0 Å². The van der Waals surface area contributed by atoms with Crippen molar-refractivity contribution >= 4 is 46.4 Å². The smallest absolute Gasteiger partial charge is 0.276 e. The zero-order chi connectivity index (χ0) is 31.4. The van der Waals surface area contributed by atoms with Gasteiger partial charge in [-0.25, -0.2) is 19.9 Å². The van der Waals surface area contributed by atoms with Gasteiger partial charge in [0.1, 0.15) is 58.4 Å². The van der Waals surface area contributed by atoms with E-state index in [1.807, 2.05) is 13.8 Å². The second-order valence-electron chi connectivity index (χ2n) is 11.6. The van der Waals surface area contributed by atoms with Crippen molar-refractivity contribution in [2.45, 2.75) is 57.8 Å². The Kier molecular flexibility index (Phi) is 6.95. The van der Waals surface area contributed by atoms with Crippen LogP contribution in [0, 0.1) is 0 Å². The maximum absolute atomic E-state index is 12.9. The first-order valence-electron chi connectivity index (χ1n) is 13.8. The van der Waals surface area contributed by atoms with Crippen LogP contribution < -0.4 is 32.4 Å². The summed E-state index contributed by atoms with van der Waals surface area (Å²) in [6.07, 6.45) is 8.04. The van der Waals surface area contributed by atoms with Crippen molar-refractivity contribution in [3.05, 3.63) is 92.0 Å². The molecule has 3 aliphatic rings. The molecule has 0 spiro atoms. The fourth-order valence-electron chi connectivity index (χ4n) is 5.41. The summed E-state index contributed by atoms with van der Waals surface area (Å²) in [5.74, 6) is 0.823. The number of nitrogens with one attached hydrogen (secondary N) is 4. The molecule has 14 nitrogen and oxygen atoms in total. The van der Waals surface area contributed by atoms with Crippen molar-refractivity contribution < 1.29 is 9.59 Å². The fourth-order valence-corrected chi connectivity index (χ4v) is 5.69. The fraction of sp³-hybridized carbons (Fsp3) is 0.310. The van der Waals surface area contributed by atoms with Crippen LogP contribution in [0.3, 0.4) is 0 Å². The normalized spacial score (nSPS) is 17.0. The maximum atomic E-state index is 12.9. The van der Waals surface area contributed by atoms with Gasteiger partial charge in [-0.3, -0.25) is 28.3 Å². The molecule has 0 bridgehead atoms. The summed E-state index contributed by atoms with van der Waals surface area (Å²) >= 11 is 6.14. The minimum absolute atomic E-state index is 0.167. The summed E-state index contributed by atoms with van der Waals surface area (Å²) in [4.78, 5) is 65.5. The molecule has 2 aliphatic heterocycles. The molecular formula is C29H29ClN10O4. The van der Waals surface area contributed by atoms with Crippen LogP contribution in [0.4, 0.5) is 23.0 Å². The number of pyridine rings is 2. The van der Waals surface area contributed by atoms with Crippen LogP contribution in [0.5, 0.6) is 0 Å². The minimum atomic E-state index is -0.837. The zero-order valence-electron chi connectivity index (χ0n) is 24.3. The average Bonchev–Trinajstić information content (AvgIpc) is 3.73. The van der Waals surface area contributed by atoms with Crippen LogP contribution in [0.1, 0.15) is 73.0 Å². The molecule has 0 radical (unpaired) electrons. The molecule has 44 heavy (non-hydrogen) atoms. The molecule has 15 heteroatoms. The van der Waals surface area contributed by atoms with Crippen LogP contribution >= 0.6 is 11.6 Å². The number of halogens is 1. The van der Waals surface area contributed by atoms with Crippen molar-refractivity contribution in [2.75, 3.05) is 10.6 Å². The van der Waals surface area contributed by atoms with Crippen molar-refractivity contribution in [1.82, 2.24) is 39.7 Å². The molecule has 0 atom stereocenters. The molecule has 4 aromatic heterocycles. The molecule has 226 valence electrons. The third-order valence-electron chi connectivity index (χ3n) is 7.48. The van der Waals surface area contributed by atoms with E-state index in [4.69, 9.17) is 11.6 Å². The van der Waals surface area contributed by atoms with E-state index >= 15 is 0 Å². The molecule has 0 aromatic carbocycles. The highest BCUT2D eigenvalue weighted by atomic mass is 35.5. The molecule has 1 saturated carbocycles. The van der Waals surface area contributed by atoms with Gasteiger partial charge >= 0.3 is 0 Å². The third-order valence-corrected chi connectivity index (χ3v) is 7.77. The van der Waals surface area contributed by atoms with Gasteiger partial charge in [-0.2, -0.15) is 0 Å². The Bertz CT molecular complexity index is 1920. The highest BCUT2D eigenvalue weighted by Gasteiger charge is 2.42. The lowest BCUT2D eigenvalue weighted by Gasteiger charge is -2.22. The third kappa shape index (κ3) is 5.17. The van der Waals surface area contributed by atoms with E-state index in [9.17, 15) is 19.2 Å². The van der Waals surface area contributed by atoms with Crippen LogP contribution in [-0.2, 0) is 11.3 Å². The lowest BCUT2D eigenvalue weighted by atomic mass is 10.1. The van der Waals surface area contributed by atoms with Gasteiger partial charge in [-0.05, 0) is 76.3 Å². The Hall–Kier alpha value is -5.11. The summed E-state index contributed by atoms with van der Waals surface area (Å²) in [6, 6.07) is 6.55. The standard InChI is InChI=1S/C16H17N5O2.C13H12ClN5O2/c1-16(2)20-14(22)13-10(9-3-4-9)7-11(15(23)21(13)16)19-12-5-6-17-8-18-12;1-13(2)18-11(20)10-7(14)5-8(12(21)19(10)13)17-9-3-4-15-6-16-9/h5-9H,3-4H2,1-2H3,(H,20,22)(H,17,18,19);3-6H,1-2H3,(H,18,20)(H,15,16,17). The van der Waals surface area contributed by atoms with Gasteiger partial charge in [-0.1, -0.05) is 11.6 Å². The van der Waals surface area contributed by atoms with Crippen molar-refractivity contribution in [2.24, 2.45) is 0 Å². The van der Waals surface area contributed by atoms with E-state index in [2.05, 4.69) is 41.2 Å². The molecule has 4 aromatic rings. The second-order valence-corrected chi connectivity index (χ2v) is 12.0. The van der Waals surface area contributed by atoms with Crippen molar-refractivity contribution in [1.29, 1.82) is 0 Å². The van der Waals surface area contributed by atoms with Crippen LogP contribution in [0.15, 0.2) is 58.9 Å². The van der Waals surface area contributed by atoms with E-state index in [1.165, 1.54) is 23.3 Å². The topological polar surface area (TPSA) is 178 Å². The first kappa shape index (κ1) is 29.0. The van der Waals surface area contributed by atoms with Gasteiger partial charge < -0.3 is 21.3 Å². The summed E-state index contributed by atoms with van der Waals surface area (Å²) in [5, 5.41) is 11.7. The SMILES string of the molecule is CC1(C)NC(=O)c2c(C3CC3)cc(Nc3ccncn3)c(=O)n21.CC1(C)NC(=O)c2c(Cl)cc(Nc3ccncn3)c(=O)n21. The predicted octanol–water partition coefficient (Wildman–Crippen LogP) is 3.17. The molecular weight excluding hydrogens is 588 g/mol. The Morgan fingerprint density at radius 1 is 0.773 bits per heavy atom. The van der Waals surface area contributed by atoms with Crippen LogP contribution in [0.2, 0.25) is 5.02 Å². The number of rotatable bonds is 5. The quantitative estimate of drug-likeness (QED) is 0.260. The number of anilines is 4. The molecule has 0 unspecified atom stereocenters. The molecule has 4 N–H and O–H groups in total. The van der Waals surface area contributed by atoms with E-state index < -0.39 is 11.3 Å². The summed E-state index contributed by atoms with van der Waals surface area (Å²) in [5.41, 5.74) is 0.112. The summed E-state index contributed by atoms with van der Waals surface area (Å²) < 4.78 is 2.91. The highest BCUT2D eigenvalue weighted by Crippen LogP contribution is 2.43. The molecule has 1 aliphatic carbocycles. The maximum Gasteiger partial charge on any atom is 0.276 e. The first-order chi connectivity index (χ1) is 20.9. The monoisotopic (exact) mass is 616 g/mol. The highest BCUT2D eigenvalue weighted by molar-refractivity contribution is 6.34. The molecule has 0 saturated heterocycles. The number of carbonyl (C=O) groups excluding carboxylic acids is 2. The van der Waals surface area contributed by atoms with Gasteiger partial charge in [0, 0.05) is 12.4 Å². The van der Waals surface area contributed by atoms with Gasteiger partial charge in [0.25, 0.3) is 22.9 Å². The molecule has 7 rings (SSSR count). The lowest BCUT2D eigenvalue weighted by molar-refractivity contribution is 0.0925. The Balaban J connectivity index is 0.000000157. The van der Waals surface area contributed by atoms with Gasteiger partial charge in [0.05, 0.1) is 5.02 Å². The minimum Gasteiger partial charge on any atom is -0.336 e. The van der Waals surface area contributed by atoms with Crippen LogP contribution in [0.25, 0.3) is 0 Å². The number of hydrogen-bond acceptors (Lipinski definition) is 10. The van der Waals surface area contributed by atoms with Gasteiger partial charge in [-0.15, -0.1) is 0 Å². The number of aromatic nitrogens is 6. The first-order valence-corrected chi connectivity index (χ1v) is 14.2. The molecule has 1 fully saturated rings. The summed E-state index contributed by atoms with van der Waals surface area (Å²) in [6.45, 7) is 7.11. The zero-order valence-corrected chi connectivity index (χ0v) is 25.1. The molecule has 6 heterocycles. The van der Waals surface area contributed by atoms with Gasteiger partial charge in [0.15, 0.2) is 0 Å². The predicted molar refractivity (Wildman–Crippen MR) is 163 cm³/mol. The lowest BCUT2D eigenvalue weighted by Crippen LogP contribution is -2.42.